The molecule has 0 heterocycles. The van der Waals surface area contributed by atoms with E-state index in [0.29, 0.717) is 17.5 Å². The number of hydrogen-bond donors (Lipinski definition) is 2. The van der Waals surface area contributed by atoms with Gasteiger partial charge in [-0.05, 0) is 30.2 Å². The van der Waals surface area contributed by atoms with Gasteiger partial charge in [-0.2, -0.15) is 0 Å². The number of anilines is 1. The number of benzene rings is 2. The maximum Gasteiger partial charge on any atom is 0.335 e. The summed E-state index contributed by atoms with van der Waals surface area (Å²) >= 11 is 3.35. The van der Waals surface area contributed by atoms with Crippen LogP contribution in [0.2, 0.25) is 0 Å². The average Bonchev–Trinajstić information content (AvgIpc) is 3.18. The number of nitrogens with one attached hydrogen (secondary N) is 1. The van der Waals surface area contributed by atoms with Crippen LogP contribution in [0.3, 0.4) is 0 Å². The summed E-state index contributed by atoms with van der Waals surface area (Å²) < 4.78 is 0.775. The standard InChI is InChI=1S/C16H14BrNO2/c17-12-6-11(16(19)20)7-13(8-12)18-15-9-14(15)10-4-2-1-3-5-10/h1-8,14-15,18H,9H2,(H,19,20). The van der Waals surface area contributed by atoms with E-state index in [1.807, 2.05) is 24.3 Å². The van der Waals surface area contributed by atoms with Gasteiger partial charge in [0, 0.05) is 22.1 Å². The minimum absolute atomic E-state index is 0.291. The van der Waals surface area contributed by atoms with Crippen molar-refractivity contribution < 1.29 is 9.90 Å². The Bertz CT molecular complexity index is 642. The fraction of sp³-hybridized carbons (Fsp3) is 0.188. The van der Waals surface area contributed by atoms with Crippen molar-refractivity contribution in [2.45, 2.75) is 18.4 Å². The minimum Gasteiger partial charge on any atom is -0.478 e. The third kappa shape index (κ3) is 2.85. The van der Waals surface area contributed by atoms with E-state index in [1.54, 1.807) is 12.1 Å². The van der Waals surface area contributed by atoms with E-state index in [-0.39, 0.29) is 0 Å². The summed E-state index contributed by atoms with van der Waals surface area (Å²) in [5.74, 6) is -0.395. The van der Waals surface area contributed by atoms with E-state index in [9.17, 15) is 4.79 Å². The number of halogens is 1. The van der Waals surface area contributed by atoms with Gasteiger partial charge >= 0.3 is 5.97 Å². The summed E-state index contributed by atoms with van der Waals surface area (Å²) in [6.07, 6.45) is 1.08. The zero-order valence-corrected chi connectivity index (χ0v) is 12.3. The van der Waals surface area contributed by atoms with Crippen LogP contribution in [0, 0.1) is 0 Å². The molecule has 0 aliphatic heterocycles. The molecule has 4 heteroatoms. The van der Waals surface area contributed by atoms with Gasteiger partial charge < -0.3 is 10.4 Å². The third-order valence-electron chi connectivity index (χ3n) is 3.51. The molecule has 3 rings (SSSR count). The first kappa shape index (κ1) is 13.2. The number of aromatic carboxylic acids is 1. The van der Waals surface area contributed by atoms with Crippen LogP contribution in [0.15, 0.2) is 53.0 Å². The number of carbonyl (C=O) groups is 1. The first-order chi connectivity index (χ1) is 9.63. The largest absolute Gasteiger partial charge is 0.478 e. The van der Waals surface area contributed by atoms with Crippen LogP contribution in [0.5, 0.6) is 0 Å². The van der Waals surface area contributed by atoms with Gasteiger partial charge in [0.15, 0.2) is 0 Å². The minimum atomic E-state index is -0.912. The Morgan fingerprint density at radius 1 is 1.20 bits per heavy atom. The highest BCUT2D eigenvalue weighted by molar-refractivity contribution is 9.10. The lowest BCUT2D eigenvalue weighted by atomic mass is 10.1. The summed E-state index contributed by atoms with van der Waals surface area (Å²) in [6, 6.07) is 16.0. The highest BCUT2D eigenvalue weighted by Crippen LogP contribution is 2.42. The monoisotopic (exact) mass is 331 g/mol. The van der Waals surface area contributed by atoms with Crippen LogP contribution in [-0.2, 0) is 0 Å². The zero-order chi connectivity index (χ0) is 14.1. The van der Waals surface area contributed by atoms with E-state index >= 15 is 0 Å². The van der Waals surface area contributed by atoms with Crippen molar-refractivity contribution in [1.82, 2.24) is 0 Å². The average molecular weight is 332 g/mol. The summed E-state index contributed by atoms with van der Waals surface area (Å²) in [7, 11) is 0. The first-order valence-corrected chi connectivity index (χ1v) is 7.28. The molecule has 0 aromatic heterocycles. The SMILES string of the molecule is O=C(O)c1cc(Br)cc(NC2CC2c2ccccc2)c1. The van der Waals surface area contributed by atoms with Crippen LogP contribution in [0.4, 0.5) is 5.69 Å². The van der Waals surface area contributed by atoms with Gasteiger partial charge in [-0.15, -0.1) is 0 Å². The Morgan fingerprint density at radius 2 is 1.95 bits per heavy atom. The molecule has 20 heavy (non-hydrogen) atoms. The van der Waals surface area contributed by atoms with Gasteiger partial charge in [0.2, 0.25) is 0 Å². The van der Waals surface area contributed by atoms with Crippen molar-refractivity contribution in [3.05, 3.63) is 64.1 Å². The molecule has 102 valence electrons. The maximum atomic E-state index is 11.0. The second-order valence-corrected chi connectivity index (χ2v) is 5.95. The molecule has 3 nitrogen and oxygen atoms in total. The molecular weight excluding hydrogens is 318 g/mol. The molecule has 0 spiro atoms. The number of hydrogen-bond acceptors (Lipinski definition) is 2. The molecule has 2 unspecified atom stereocenters. The fourth-order valence-corrected chi connectivity index (χ4v) is 2.93. The predicted molar refractivity (Wildman–Crippen MR) is 82.3 cm³/mol. The molecule has 0 bridgehead atoms. The molecule has 1 aliphatic rings. The molecule has 1 fully saturated rings. The van der Waals surface area contributed by atoms with Crippen molar-refractivity contribution in [1.29, 1.82) is 0 Å². The zero-order valence-electron chi connectivity index (χ0n) is 10.7. The second-order valence-electron chi connectivity index (χ2n) is 5.04. The summed E-state index contributed by atoms with van der Waals surface area (Å²) in [6.45, 7) is 0. The molecule has 1 saturated carbocycles. The normalized spacial score (nSPS) is 20.4. The topological polar surface area (TPSA) is 49.3 Å². The molecule has 0 amide bonds. The Hall–Kier alpha value is -1.81. The molecule has 2 atom stereocenters. The van der Waals surface area contributed by atoms with Gasteiger partial charge in [-0.1, -0.05) is 46.3 Å². The van der Waals surface area contributed by atoms with Gasteiger partial charge in [0.25, 0.3) is 0 Å². The van der Waals surface area contributed by atoms with E-state index in [2.05, 4.69) is 33.4 Å². The Kier molecular flexibility index (Phi) is 3.49. The van der Waals surface area contributed by atoms with Crippen molar-refractivity contribution in [3.63, 3.8) is 0 Å². The summed E-state index contributed by atoms with van der Waals surface area (Å²) in [5.41, 5.74) is 2.47. The number of carboxylic acid groups (broad SMARTS) is 1. The van der Waals surface area contributed by atoms with Crippen molar-refractivity contribution in [3.8, 4) is 0 Å². The Balaban J connectivity index is 1.72. The molecule has 2 N–H and O–H groups in total. The lowest BCUT2D eigenvalue weighted by Gasteiger charge is -2.08. The van der Waals surface area contributed by atoms with E-state index in [4.69, 9.17) is 5.11 Å². The van der Waals surface area contributed by atoms with E-state index < -0.39 is 5.97 Å². The molecule has 0 saturated heterocycles. The van der Waals surface area contributed by atoms with Crippen LogP contribution in [0.1, 0.15) is 28.3 Å². The maximum absolute atomic E-state index is 11.0. The summed E-state index contributed by atoms with van der Waals surface area (Å²) in [4.78, 5) is 11.0. The first-order valence-electron chi connectivity index (χ1n) is 6.49. The molecule has 0 radical (unpaired) electrons. The van der Waals surface area contributed by atoms with Gasteiger partial charge in [0.1, 0.15) is 0 Å². The Labute approximate surface area is 125 Å². The van der Waals surface area contributed by atoms with Gasteiger partial charge in [-0.25, -0.2) is 4.79 Å². The van der Waals surface area contributed by atoms with Gasteiger partial charge in [-0.3, -0.25) is 0 Å². The van der Waals surface area contributed by atoms with E-state index in [0.717, 1.165) is 16.6 Å². The lowest BCUT2D eigenvalue weighted by Crippen LogP contribution is -2.06. The molecule has 1 aliphatic carbocycles. The number of rotatable bonds is 4. The molecular formula is C16H14BrNO2. The number of carboxylic acids is 1. The fourth-order valence-electron chi connectivity index (χ4n) is 2.43. The van der Waals surface area contributed by atoms with Crippen LogP contribution in [-0.4, -0.2) is 17.1 Å². The van der Waals surface area contributed by atoms with Gasteiger partial charge in [0.05, 0.1) is 5.56 Å². The molecule has 2 aromatic carbocycles. The molecule has 2 aromatic rings. The highest BCUT2D eigenvalue weighted by Gasteiger charge is 2.38. The summed E-state index contributed by atoms with van der Waals surface area (Å²) in [5, 5.41) is 12.5. The highest BCUT2D eigenvalue weighted by atomic mass is 79.9. The van der Waals surface area contributed by atoms with Crippen LogP contribution in [0.25, 0.3) is 0 Å². The van der Waals surface area contributed by atoms with Crippen LogP contribution >= 0.6 is 15.9 Å². The third-order valence-corrected chi connectivity index (χ3v) is 3.97. The lowest BCUT2D eigenvalue weighted by molar-refractivity contribution is 0.0697. The predicted octanol–water partition coefficient (Wildman–Crippen LogP) is 4.12. The van der Waals surface area contributed by atoms with Crippen molar-refractivity contribution in [2.24, 2.45) is 0 Å². The second kappa shape index (κ2) is 5.29. The smallest absolute Gasteiger partial charge is 0.335 e. The van der Waals surface area contributed by atoms with Crippen molar-refractivity contribution >= 4 is 27.6 Å². The quantitative estimate of drug-likeness (QED) is 0.886. The van der Waals surface area contributed by atoms with Crippen LogP contribution < -0.4 is 5.32 Å². The Morgan fingerprint density at radius 3 is 2.65 bits per heavy atom. The van der Waals surface area contributed by atoms with E-state index in [1.165, 1.54) is 5.56 Å². The van der Waals surface area contributed by atoms with Crippen molar-refractivity contribution in [2.75, 3.05) is 5.32 Å².